The highest BCUT2D eigenvalue weighted by Gasteiger charge is 2.11. The topological polar surface area (TPSA) is 75.8 Å². The first-order valence-corrected chi connectivity index (χ1v) is 8.98. The van der Waals surface area contributed by atoms with Crippen molar-refractivity contribution in [1.29, 1.82) is 0 Å². The molecule has 2 heterocycles. The number of nitrogens with zero attached hydrogens (tertiary/aromatic N) is 4. The third-order valence-electron chi connectivity index (χ3n) is 3.79. The molecular formula is C18H19ClF2N6O. The minimum Gasteiger partial charge on any atom is -0.434 e. The van der Waals surface area contributed by atoms with Crippen molar-refractivity contribution >= 4 is 23.2 Å². The van der Waals surface area contributed by atoms with Crippen LogP contribution in [0.25, 0.3) is 5.65 Å². The molecule has 0 fully saturated rings. The highest BCUT2D eigenvalue weighted by molar-refractivity contribution is 6.30. The number of guanidine groups is 1. The van der Waals surface area contributed by atoms with Crippen LogP contribution in [-0.4, -0.2) is 33.7 Å². The predicted octanol–water partition coefficient (Wildman–Crippen LogP) is 3.24. The number of hydrogen-bond acceptors (Lipinski definition) is 4. The SMILES string of the molecule is CCNC(=NCc1cc(Cl)ccc1OC(F)F)NCc1nnc2ccccn12. The van der Waals surface area contributed by atoms with Crippen molar-refractivity contribution < 1.29 is 13.5 Å². The van der Waals surface area contributed by atoms with Gasteiger partial charge < -0.3 is 15.4 Å². The molecule has 0 atom stereocenters. The van der Waals surface area contributed by atoms with E-state index >= 15 is 0 Å². The predicted molar refractivity (Wildman–Crippen MR) is 103 cm³/mol. The maximum Gasteiger partial charge on any atom is 0.387 e. The van der Waals surface area contributed by atoms with Gasteiger partial charge in [0.1, 0.15) is 5.75 Å². The van der Waals surface area contributed by atoms with Gasteiger partial charge in [0, 0.05) is 23.3 Å². The Kier molecular flexibility index (Phi) is 6.59. The van der Waals surface area contributed by atoms with E-state index in [0.717, 1.165) is 5.65 Å². The molecule has 3 rings (SSSR count). The standard InChI is InChI=1S/C18H19ClF2N6O/c1-2-22-18(24-11-16-26-25-15-5-3-4-8-27(15)16)23-10-12-9-13(19)6-7-14(12)28-17(20)21/h3-9,17H,2,10-11H2,1H3,(H2,22,23,24). The third kappa shape index (κ3) is 5.07. The molecule has 10 heteroatoms. The number of fused-ring (bicyclic) bond motifs is 1. The maximum atomic E-state index is 12.6. The second-order valence-electron chi connectivity index (χ2n) is 5.72. The molecule has 0 saturated heterocycles. The zero-order valence-corrected chi connectivity index (χ0v) is 15.8. The van der Waals surface area contributed by atoms with Gasteiger partial charge in [-0.3, -0.25) is 4.40 Å². The second-order valence-corrected chi connectivity index (χ2v) is 6.16. The van der Waals surface area contributed by atoms with Crippen LogP contribution in [0.1, 0.15) is 18.3 Å². The average molecular weight is 409 g/mol. The van der Waals surface area contributed by atoms with E-state index in [-0.39, 0.29) is 12.3 Å². The van der Waals surface area contributed by atoms with Gasteiger partial charge in [-0.25, -0.2) is 4.99 Å². The van der Waals surface area contributed by atoms with Gasteiger partial charge in [0.05, 0.1) is 13.1 Å². The fraction of sp³-hybridized carbons (Fsp3) is 0.278. The van der Waals surface area contributed by atoms with Crippen LogP contribution < -0.4 is 15.4 Å². The number of ether oxygens (including phenoxy) is 1. The van der Waals surface area contributed by atoms with Crippen molar-refractivity contribution in [3.63, 3.8) is 0 Å². The van der Waals surface area contributed by atoms with Gasteiger partial charge >= 0.3 is 6.61 Å². The van der Waals surface area contributed by atoms with Crippen LogP contribution in [0.5, 0.6) is 5.75 Å². The zero-order chi connectivity index (χ0) is 19.9. The lowest BCUT2D eigenvalue weighted by atomic mass is 10.2. The normalized spacial score (nSPS) is 11.8. The summed E-state index contributed by atoms with van der Waals surface area (Å²) in [5, 5.41) is 14.9. The van der Waals surface area contributed by atoms with Crippen molar-refractivity contribution in [3.05, 3.63) is 59.0 Å². The molecule has 2 N–H and O–H groups in total. The molecule has 0 amide bonds. The summed E-state index contributed by atoms with van der Waals surface area (Å²) in [4.78, 5) is 4.43. The molecule has 0 saturated carbocycles. The van der Waals surface area contributed by atoms with Crippen molar-refractivity contribution in [2.75, 3.05) is 6.54 Å². The first-order chi connectivity index (χ1) is 13.6. The van der Waals surface area contributed by atoms with Crippen molar-refractivity contribution in [2.24, 2.45) is 4.99 Å². The number of pyridine rings is 1. The van der Waals surface area contributed by atoms with E-state index in [1.54, 1.807) is 6.07 Å². The van der Waals surface area contributed by atoms with Gasteiger partial charge in [-0.2, -0.15) is 8.78 Å². The molecule has 7 nitrogen and oxygen atoms in total. The van der Waals surface area contributed by atoms with Crippen LogP contribution in [0.15, 0.2) is 47.6 Å². The Morgan fingerprint density at radius 1 is 1.25 bits per heavy atom. The number of alkyl halides is 2. The maximum absolute atomic E-state index is 12.6. The summed E-state index contributed by atoms with van der Waals surface area (Å²) in [5.41, 5.74) is 1.20. The van der Waals surface area contributed by atoms with Crippen molar-refractivity contribution in [3.8, 4) is 5.75 Å². The van der Waals surface area contributed by atoms with Crippen LogP contribution in [-0.2, 0) is 13.1 Å². The molecule has 148 valence electrons. The number of aromatic nitrogens is 3. The Bertz CT molecular complexity index is 962. The molecule has 0 aliphatic carbocycles. The quantitative estimate of drug-likeness (QED) is 0.463. The van der Waals surface area contributed by atoms with Gasteiger partial charge in [0.2, 0.25) is 0 Å². The van der Waals surface area contributed by atoms with E-state index in [9.17, 15) is 8.78 Å². The van der Waals surface area contributed by atoms with E-state index in [1.165, 1.54) is 12.1 Å². The minimum atomic E-state index is -2.92. The Hall–Kier alpha value is -2.94. The van der Waals surface area contributed by atoms with E-state index in [2.05, 4.69) is 30.6 Å². The largest absolute Gasteiger partial charge is 0.434 e. The number of benzene rings is 1. The molecule has 28 heavy (non-hydrogen) atoms. The smallest absolute Gasteiger partial charge is 0.387 e. The summed E-state index contributed by atoms with van der Waals surface area (Å²) in [6.45, 7) is 0.124. The van der Waals surface area contributed by atoms with Gasteiger partial charge in [-0.05, 0) is 37.3 Å². The lowest BCUT2D eigenvalue weighted by Crippen LogP contribution is -2.37. The Morgan fingerprint density at radius 3 is 2.89 bits per heavy atom. The molecule has 3 aromatic rings. The van der Waals surface area contributed by atoms with Crippen molar-refractivity contribution in [2.45, 2.75) is 26.6 Å². The fourth-order valence-electron chi connectivity index (χ4n) is 2.56. The van der Waals surface area contributed by atoms with Gasteiger partial charge in [0.25, 0.3) is 0 Å². The first kappa shape index (κ1) is 19.8. The Morgan fingerprint density at radius 2 is 2.11 bits per heavy atom. The van der Waals surface area contributed by atoms with E-state index < -0.39 is 6.61 Å². The first-order valence-electron chi connectivity index (χ1n) is 8.61. The number of halogens is 3. The summed E-state index contributed by atoms with van der Waals surface area (Å²) in [7, 11) is 0. The van der Waals surface area contributed by atoms with Crippen LogP contribution in [0.4, 0.5) is 8.78 Å². The highest BCUT2D eigenvalue weighted by Crippen LogP contribution is 2.25. The number of rotatable bonds is 7. The van der Waals surface area contributed by atoms with Gasteiger partial charge in [-0.1, -0.05) is 17.7 Å². The van der Waals surface area contributed by atoms with E-state index in [4.69, 9.17) is 11.6 Å². The molecule has 0 radical (unpaired) electrons. The second kappa shape index (κ2) is 9.32. The summed E-state index contributed by atoms with van der Waals surface area (Å²) >= 11 is 5.97. The van der Waals surface area contributed by atoms with Gasteiger partial charge in [0.15, 0.2) is 17.4 Å². The molecule has 0 aliphatic rings. The van der Waals surface area contributed by atoms with Crippen LogP contribution in [0.2, 0.25) is 5.02 Å². The molecular weight excluding hydrogens is 390 g/mol. The van der Waals surface area contributed by atoms with Gasteiger partial charge in [-0.15, -0.1) is 10.2 Å². The molecule has 2 aromatic heterocycles. The molecule has 1 aromatic carbocycles. The minimum absolute atomic E-state index is 0.0439. The molecule has 0 bridgehead atoms. The van der Waals surface area contributed by atoms with Crippen LogP contribution in [0.3, 0.4) is 0 Å². The lowest BCUT2D eigenvalue weighted by Gasteiger charge is -2.12. The molecule has 0 aliphatic heterocycles. The molecule has 0 unspecified atom stereocenters. The van der Waals surface area contributed by atoms with Crippen LogP contribution in [0, 0.1) is 0 Å². The van der Waals surface area contributed by atoms with E-state index in [0.29, 0.717) is 35.5 Å². The molecule has 0 spiro atoms. The summed E-state index contributed by atoms with van der Waals surface area (Å²) in [6.07, 6.45) is 1.87. The lowest BCUT2D eigenvalue weighted by molar-refractivity contribution is -0.0504. The fourth-order valence-corrected chi connectivity index (χ4v) is 2.76. The number of nitrogens with one attached hydrogen (secondary N) is 2. The Balaban J connectivity index is 1.73. The third-order valence-corrected chi connectivity index (χ3v) is 4.02. The van der Waals surface area contributed by atoms with Crippen molar-refractivity contribution in [1.82, 2.24) is 25.2 Å². The summed E-state index contributed by atoms with van der Waals surface area (Å²) in [6, 6.07) is 10.1. The Labute approximate surface area is 165 Å². The van der Waals surface area contributed by atoms with Crippen LogP contribution >= 0.6 is 11.6 Å². The highest BCUT2D eigenvalue weighted by atomic mass is 35.5. The van der Waals surface area contributed by atoms with E-state index in [1.807, 2.05) is 35.7 Å². The summed E-state index contributed by atoms with van der Waals surface area (Å²) in [5.74, 6) is 1.26. The monoisotopic (exact) mass is 408 g/mol. The summed E-state index contributed by atoms with van der Waals surface area (Å²) < 4.78 is 31.6. The number of hydrogen-bond donors (Lipinski definition) is 2. The zero-order valence-electron chi connectivity index (χ0n) is 15.1. The number of aliphatic imine (C=N–C) groups is 1. The average Bonchev–Trinajstić information content (AvgIpc) is 3.09.